The summed E-state index contributed by atoms with van der Waals surface area (Å²) in [5.41, 5.74) is 0.362. The summed E-state index contributed by atoms with van der Waals surface area (Å²) in [5.74, 6) is -0.609. The van der Waals surface area contributed by atoms with Gasteiger partial charge in [-0.25, -0.2) is 8.78 Å². The molecule has 0 bridgehead atoms. The van der Waals surface area contributed by atoms with E-state index in [2.05, 4.69) is 10.3 Å². The van der Waals surface area contributed by atoms with Crippen LogP contribution < -0.4 is 5.32 Å². The molecular weight excluding hydrogens is 174 g/mol. The van der Waals surface area contributed by atoms with Crippen LogP contribution in [0, 0.1) is 11.6 Å². The van der Waals surface area contributed by atoms with Crippen molar-refractivity contribution >= 4 is 11.5 Å². The number of hydrogen-bond donors (Lipinski definition) is 1. The molecule has 0 aliphatic rings. The van der Waals surface area contributed by atoms with E-state index in [9.17, 15) is 8.78 Å². The van der Waals surface area contributed by atoms with Gasteiger partial charge in [-0.2, -0.15) is 0 Å². The Bertz CT molecular complexity index is 314. The molecule has 13 heavy (non-hydrogen) atoms. The zero-order valence-electron chi connectivity index (χ0n) is 7.44. The monoisotopic (exact) mass is 184 g/mol. The molecular formula is C9H10F2N2. The summed E-state index contributed by atoms with van der Waals surface area (Å²) in [6, 6.07) is 3.24. The quantitative estimate of drug-likeness (QED) is 0.526. The minimum atomic E-state index is -0.605. The van der Waals surface area contributed by atoms with Crippen LogP contribution in [0.3, 0.4) is 0 Å². The molecule has 0 amide bonds. The number of amidine groups is 1. The number of hydrogen-bond acceptors (Lipinski definition) is 1. The van der Waals surface area contributed by atoms with Gasteiger partial charge in [0.25, 0.3) is 0 Å². The Morgan fingerprint density at radius 2 is 1.77 bits per heavy atom. The molecule has 1 aromatic rings. The number of benzene rings is 1. The molecule has 0 saturated heterocycles. The molecule has 70 valence electrons. The summed E-state index contributed by atoms with van der Waals surface area (Å²) < 4.78 is 25.3. The Morgan fingerprint density at radius 3 is 2.23 bits per heavy atom. The molecule has 0 aliphatic heterocycles. The Kier molecular flexibility index (Phi) is 2.95. The van der Waals surface area contributed by atoms with Crippen molar-refractivity contribution in [1.82, 2.24) is 0 Å². The highest BCUT2D eigenvalue weighted by atomic mass is 19.1. The van der Waals surface area contributed by atoms with Gasteiger partial charge in [-0.05, 0) is 19.1 Å². The van der Waals surface area contributed by atoms with E-state index in [1.165, 1.54) is 12.1 Å². The maximum Gasteiger partial charge on any atom is 0.128 e. The second-order valence-electron chi connectivity index (χ2n) is 2.59. The van der Waals surface area contributed by atoms with Crippen molar-refractivity contribution in [3.8, 4) is 0 Å². The maximum absolute atomic E-state index is 12.7. The van der Waals surface area contributed by atoms with E-state index in [4.69, 9.17) is 0 Å². The van der Waals surface area contributed by atoms with Crippen molar-refractivity contribution in [1.29, 1.82) is 0 Å². The average Bonchev–Trinajstić information content (AvgIpc) is 2.02. The second-order valence-corrected chi connectivity index (χ2v) is 2.59. The van der Waals surface area contributed by atoms with Crippen molar-refractivity contribution in [3.63, 3.8) is 0 Å². The van der Waals surface area contributed by atoms with Gasteiger partial charge in [-0.15, -0.1) is 0 Å². The van der Waals surface area contributed by atoms with Crippen LogP contribution in [0.15, 0.2) is 23.2 Å². The molecule has 1 N–H and O–H groups in total. The predicted molar refractivity (Wildman–Crippen MR) is 49.0 cm³/mol. The van der Waals surface area contributed by atoms with E-state index in [0.29, 0.717) is 11.5 Å². The molecule has 2 nitrogen and oxygen atoms in total. The molecule has 0 aromatic heterocycles. The van der Waals surface area contributed by atoms with E-state index < -0.39 is 11.6 Å². The summed E-state index contributed by atoms with van der Waals surface area (Å²) in [6.45, 7) is 1.71. The van der Waals surface area contributed by atoms with Crippen LogP contribution in [0.4, 0.5) is 14.5 Å². The van der Waals surface area contributed by atoms with Crippen LogP contribution in [0.5, 0.6) is 0 Å². The molecule has 0 heterocycles. The normalized spacial score (nSPS) is 11.5. The highest BCUT2D eigenvalue weighted by Gasteiger charge is 1.99. The van der Waals surface area contributed by atoms with Gasteiger partial charge in [-0.3, -0.25) is 4.99 Å². The zero-order valence-corrected chi connectivity index (χ0v) is 7.44. The third kappa shape index (κ3) is 2.82. The molecule has 0 saturated carbocycles. The van der Waals surface area contributed by atoms with Crippen molar-refractivity contribution in [2.75, 3.05) is 12.4 Å². The third-order valence-corrected chi connectivity index (χ3v) is 1.52. The zero-order chi connectivity index (χ0) is 9.84. The highest BCUT2D eigenvalue weighted by Crippen LogP contribution is 2.12. The standard InChI is InChI=1S/C9H10F2N2/c1-6(12-2)13-9-4-7(10)3-8(11)5-9/h3-5H,1-2H3,(H,12,13). The number of nitrogens with zero attached hydrogens (tertiary/aromatic N) is 1. The van der Waals surface area contributed by atoms with Gasteiger partial charge < -0.3 is 5.32 Å². The van der Waals surface area contributed by atoms with E-state index in [1.807, 2.05) is 0 Å². The SMILES string of the molecule is CN=C(C)Nc1cc(F)cc(F)c1. The Hall–Kier alpha value is -1.45. The fourth-order valence-electron chi connectivity index (χ4n) is 0.891. The maximum atomic E-state index is 12.7. The lowest BCUT2D eigenvalue weighted by molar-refractivity contribution is 0.584. The van der Waals surface area contributed by atoms with Gasteiger partial charge >= 0.3 is 0 Å². The fraction of sp³-hybridized carbons (Fsp3) is 0.222. The van der Waals surface area contributed by atoms with Crippen LogP contribution in [0.25, 0.3) is 0 Å². The molecule has 4 heteroatoms. The number of aliphatic imine (C=N–C) groups is 1. The first-order chi connectivity index (χ1) is 6.11. The molecule has 1 rings (SSSR count). The van der Waals surface area contributed by atoms with E-state index >= 15 is 0 Å². The lowest BCUT2D eigenvalue weighted by atomic mass is 10.3. The van der Waals surface area contributed by atoms with Crippen LogP contribution in [0.1, 0.15) is 6.92 Å². The molecule has 1 aromatic carbocycles. The summed E-state index contributed by atoms with van der Waals surface area (Å²) in [4.78, 5) is 3.80. The van der Waals surface area contributed by atoms with Crippen LogP contribution in [-0.2, 0) is 0 Å². The Balaban J connectivity index is 2.89. The topological polar surface area (TPSA) is 24.4 Å². The van der Waals surface area contributed by atoms with Crippen molar-refractivity contribution < 1.29 is 8.78 Å². The van der Waals surface area contributed by atoms with Gasteiger partial charge in [0, 0.05) is 18.8 Å². The molecule has 0 aliphatic carbocycles. The second kappa shape index (κ2) is 3.98. The summed E-state index contributed by atoms with van der Waals surface area (Å²) >= 11 is 0. The van der Waals surface area contributed by atoms with Crippen LogP contribution in [-0.4, -0.2) is 12.9 Å². The van der Waals surface area contributed by atoms with Crippen LogP contribution >= 0.6 is 0 Å². The van der Waals surface area contributed by atoms with Gasteiger partial charge in [-0.1, -0.05) is 0 Å². The molecule has 0 fully saturated rings. The minimum Gasteiger partial charge on any atom is -0.344 e. The molecule has 0 spiro atoms. The lowest BCUT2D eigenvalue weighted by Gasteiger charge is -2.04. The number of halogens is 2. The minimum absolute atomic E-state index is 0.362. The number of rotatable bonds is 1. The summed E-state index contributed by atoms with van der Waals surface area (Å²) in [5, 5.41) is 2.74. The number of nitrogens with one attached hydrogen (secondary N) is 1. The number of anilines is 1. The van der Waals surface area contributed by atoms with Crippen molar-refractivity contribution in [2.45, 2.75) is 6.92 Å². The fourth-order valence-corrected chi connectivity index (χ4v) is 0.891. The summed E-state index contributed by atoms with van der Waals surface area (Å²) in [6.07, 6.45) is 0. The first-order valence-electron chi connectivity index (χ1n) is 3.78. The predicted octanol–water partition coefficient (Wildman–Crippen LogP) is 2.42. The van der Waals surface area contributed by atoms with Gasteiger partial charge in [0.1, 0.15) is 11.6 Å². The van der Waals surface area contributed by atoms with E-state index in [-0.39, 0.29) is 0 Å². The van der Waals surface area contributed by atoms with Crippen LogP contribution in [0.2, 0.25) is 0 Å². The largest absolute Gasteiger partial charge is 0.344 e. The van der Waals surface area contributed by atoms with E-state index in [1.54, 1.807) is 14.0 Å². The lowest BCUT2D eigenvalue weighted by Crippen LogP contribution is -2.07. The highest BCUT2D eigenvalue weighted by molar-refractivity contribution is 5.93. The molecule has 0 atom stereocenters. The van der Waals surface area contributed by atoms with E-state index in [0.717, 1.165) is 6.07 Å². The van der Waals surface area contributed by atoms with Gasteiger partial charge in [0.05, 0.1) is 5.84 Å². The molecule has 0 unspecified atom stereocenters. The first-order valence-corrected chi connectivity index (χ1v) is 3.78. The average molecular weight is 184 g/mol. The summed E-state index contributed by atoms with van der Waals surface area (Å²) in [7, 11) is 1.60. The van der Waals surface area contributed by atoms with Crippen molar-refractivity contribution in [3.05, 3.63) is 29.8 Å². The smallest absolute Gasteiger partial charge is 0.128 e. The molecule has 0 radical (unpaired) electrons. The Labute approximate surface area is 75.3 Å². The van der Waals surface area contributed by atoms with Crippen molar-refractivity contribution in [2.24, 2.45) is 4.99 Å². The Morgan fingerprint density at radius 1 is 1.23 bits per heavy atom. The van der Waals surface area contributed by atoms with Gasteiger partial charge in [0.15, 0.2) is 0 Å². The first kappa shape index (κ1) is 9.64. The third-order valence-electron chi connectivity index (χ3n) is 1.52. The van der Waals surface area contributed by atoms with Gasteiger partial charge in [0.2, 0.25) is 0 Å².